The molecule has 3 heterocycles. The van der Waals surface area contributed by atoms with Crippen LogP contribution in [0.25, 0.3) is 10.9 Å². The van der Waals surface area contributed by atoms with E-state index in [1.54, 1.807) is 0 Å². The van der Waals surface area contributed by atoms with E-state index in [9.17, 15) is 0 Å². The fourth-order valence-corrected chi connectivity index (χ4v) is 4.40. The molecule has 25 heavy (non-hydrogen) atoms. The summed E-state index contributed by atoms with van der Waals surface area (Å²) in [5.41, 5.74) is 7.23. The predicted octanol–water partition coefficient (Wildman–Crippen LogP) is 4.52. The number of benzene rings is 1. The normalized spacial score (nSPS) is 20.8. The molecule has 0 fully saturated rings. The summed E-state index contributed by atoms with van der Waals surface area (Å²) in [6, 6.07) is 12.1. The van der Waals surface area contributed by atoms with Gasteiger partial charge in [-0.1, -0.05) is 18.2 Å². The van der Waals surface area contributed by atoms with Crippen LogP contribution in [0.1, 0.15) is 42.3 Å². The third-order valence-electron chi connectivity index (χ3n) is 6.02. The quantitative estimate of drug-likeness (QED) is 0.702. The Labute approximate surface area is 150 Å². The molecule has 3 aromatic rings. The van der Waals surface area contributed by atoms with Crippen molar-refractivity contribution in [2.75, 3.05) is 7.05 Å². The van der Waals surface area contributed by atoms with Crippen LogP contribution in [0.4, 0.5) is 0 Å². The number of para-hydroxylation sites is 1. The topological polar surface area (TPSA) is 21.1 Å². The minimum absolute atomic E-state index is 0.463. The molecule has 1 aliphatic heterocycles. The zero-order valence-electron chi connectivity index (χ0n) is 15.7. The average molecular weight is 333 g/mol. The van der Waals surface area contributed by atoms with Crippen molar-refractivity contribution < 1.29 is 0 Å². The maximum absolute atomic E-state index is 4.14. The first kappa shape index (κ1) is 16.3. The van der Waals surface area contributed by atoms with Crippen LogP contribution >= 0.6 is 0 Å². The van der Waals surface area contributed by atoms with Gasteiger partial charge in [0.25, 0.3) is 0 Å². The van der Waals surface area contributed by atoms with Crippen LogP contribution in [0.15, 0.2) is 42.7 Å². The number of nitrogens with zero attached hydrogens (tertiary/aromatic N) is 3. The van der Waals surface area contributed by atoms with E-state index < -0.39 is 0 Å². The SMILES string of the molecule is Cc1cccc2c3c(n(CCc4ccncc4)c12)CC(C)N(C)C3C. The fraction of sp³-hybridized carbons (Fsp3) is 0.409. The van der Waals surface area contributed by atoms with Crippen LogP contribution in [-0.4, -0.2) is 27.5 Å². The van der Waals surface area contributed by atoms with E-state index in [4.69, 9.17) is 0 Å². The molecule has 0 saturated carbocycles. The van der Waals surface area contributed by atoms with Gasteiger partial charge in [0.1, 0.15) is 0 Å². The first-order chi connectivity index (χ1) is 12.1. The Morgan fingerprint density at radius 1 is 1.12 bits per heavy atom. The molecule has 0 radical (unpaired) electrons. The number of hydrogen-bond acceptors (Lipinski definition) is 2. The zero-order chi connectivity index (χ0) is 17.6. The van der Waals surface area contributed by atoms with E-state index in [0.29, 0.717) is 12.1 Å². The Balaban J connectivity index is 1.84. The Morgan fingerprint density at radius 2 is 1.88 bits per heavy atom. The van der Waals surface area contributed by atoms with E-state index in [1.807, 2.05) is 12.4 Å². The third-order valence-corrected chi connectivity index (χ3v) is 6.02. The summed E-state index contributed by atoms with van der Waals surface area (Å²) in [7, 11) is 2.26. The molecule has 2 aromatic heterocycles. The average Bonchev–Trinajstić information content (AvgIpc) is 2.93. The predicted molar refractivity (Wildman–Crippen MR) is 104 cm³/mol. The van der Waals surface area contributed by atoms with Crippen molar-refractivity contribution in [1.29, 1.82) is 0 Å². The van der Waals surface area contributed by atoms with Gasteiger partial charge in [-0.15, -0.1) is 0 Å². The molecule has 0 aliphatic carbocycles. The summed E-state index contributed by atoms with van der Waals surface area (Å²) < 4.78 is 2.60. The largest absolute Gasteiger partial charge is 0.344 e. The molecule has 0 saturated heterocycles. The van der Waals surface area contributed by atoms with Gasteiger partial charge in [-0.05, 0) is 63.1 Å². The van der Waals surface area contributed by atoms with Crippen LogP contribution in [0.3, 0.4) is 0 Å². The number of pyridine rings is 1. The van der Waals surface area contributed by atoms with Crippen molar-refractivity contribution in [3.8, 4) is 0 Å². The van der Waals surface area contributed by atoms with Crippen LogP contribution in [0.2, 0.25) is 0 Å². The molecule has 3 heteroatoms. The lowest BCUT2D eigenvalue weighted by Crippen LogP contribution is -2.38. The number of hydrogen-bond donors (Lipinski definition) is 0. The van der Waals surface area contributed by atoms with E-state index in [-0.39, 0.29) is 0 Å². The third kappa shape index (κ3) is 2.67. The van der Waals surface area contributed by atoms with Crippen molar-refractivity contribution >= 4 is 10.9 Å². The Morgan fingerprint density at radius 3 is 2.64 bits per heavy atom. The molecule has 0 bridgehead atoms. The number of rotatable bonds is 3. The highest BCUT2D eigenvalue weighted by Gasteiger charge is 2.31. The minimum Gasteiger partial charge on any atom is -0.344 e. The molecule has 0 spiro atoms. The second-order valence-corrected chi connectivity index (χ2v) is 7.48. The molecule has 0 amide bonds. The van der Waals surface area contributed by atoms with Gasteiger partial charge in [0.15, 0.2) is 0 Å². The smallest absolute Gasteiger partial charge is 0.0515 e. The minimum atomic E-state index is 0.463. The summed E-state index contributed by atoms with van der Waals surface area (Å²) in [6.45, 7) is 7.97. The Bertz CT molecular complexity index is 895. The molecule has 130 valence electrons. The summed E-state index contributed by atoms with van der Waals surface area (Å²) in [5, 5.41) is 1.44. The number of fused-ring (bicyclic) bond motifs is 3. The second-order valence-electron chi connectivity index (χ2n) is 7.48. The van der Waals surface area contributed by atoms with Gasteiger partial charge in [0.2, 0.25) is 0 Å². The lowest BCUT2D eigenvalue weighted by molar-refractivity contribution is 0.177. The van der Waals surface area contributed by atoms with Crippen molar-refractivity contribution in [1.82, 2.24) is 14.5 Å². The number of aromatic nitrogens is 2. The number of aryl methyl sites for hydroxylation is 3. The zero-order valence-corrected chi connectivity index (χ0v) is 15.7. The van der Waals surface area contributed by atoms with Gasteiger partial charge in [0, 0.05) is 48.5 Å². The fourth-order valence-electron chi connectivity index (χ4n) is 4.40. The maximum atomic E-state index is 4.14. The van der Waals surface area contributed by atoms with Crippen molar-refractivity contribution in [3.63, 3.8) is 0 Å². The molecule has 1 aromatic carbocycles. The second kappa shape index (κ2) is 6.30. The highest BCUT2D eigenvalue weighted by Crippen LogP contribution is 2.40. The number of likely N-dealkylation sites (N-methyl/N-ethyl adjacent to an activating group) is 1. The van der Waals surface area contributed by atoms with Gasteiger partial charge in [-0.25, -0.2) is 0 Å². The highest BCUT2D eigenvalue weighted by molar-refractivity contribution is 5.89. The molecule has 1 aliphatic rings. The molecule has 2 unspecified atom stereocenters. The van der Waals surface area contributed by atoms with Crippen molar-refractivity contribution in [3.05, 3.63) is 65.1 Å². The first-order valence-corrected chi connectivity index (χ1v) is 9.29. The van der Waals surface area contributed by atoms with Crippen LogP contribution in [0.5, 0.6) is 0 Å². The lowest BCUT2D eigenvalue weighted by atomic mass is 9.93. The summed E-state index contributed by atoms with van der Waals surface area (Å²) >= 11 is 0. The summed E-state index contributed by atoms with van der Waals surface area (Å²) in [6.07, 6.45) is 5.96. The lowest BCUT2D eigenvalue weighted by Gasteiger charge is -2.36. The highest BCUT2D eigenvalue weighted by atomic mass is 15.2. The monoisotopic (exact) mass is 333 g/mol. The molecule has 2 atom stereocenters. The molecular formula is C22H27N3. The Kier molecular flexibility index (Phi) is 4.12. The molecule has 4 rings (SSSR count). The Hall–Kier alpha value is -2.13. The van der Waals surface area contributed by atoms with Gasteiger partial charge >= 0.3 is 0 Å². The molecular weight excluding hydrogens is 306 g/mol. The molecule has 0 N–H and O–H groups in total. The van der Waals surface area contributed by atoms with E-state index in [0.717, 1.165) is 19.4 Å². The summed E-state index contributed by atoms with van der Waals surface area (Å²) in [5.74, 6) is 0. The van der Waals surface area contributed by atoms with Crippen LogP contribution < -0.4 is 0 Å². The van der Waals surface area contributed by atoms with Crippen molar-refractivity contribution in [2.24, 2.45) is 0 Å². The van der Waals surface area contributed by atoms with Crippen molar-refractivity contribution in [2.45, 2.75) is 52.2 Å². The van der Waals surface area contributed by atoms with Gasteiger partial charge in [0.05, 0.1) is 5.52 Å². The van der Waals surface area contributed by atoms with Gasteiger partial charge in [-0.2, -0.15) is 0 Å². The van der Waals surface area contributed by atoms with E-state index >= 15 is 0 Å². The first-order valence-electron chi connectivity index (χ1n) is 9.29. The van der Waals surface area contributed by atoms with E-state index in [1.165, 1.54) is 33.3 Å². The van der Waals surface area contributed by atoms with Crippen LogP contribution in [0, 0.1) is 6.92 Å². The maximum Gasteiger partial charge on any atom is 0.0515 e. The standard InChI is InChI=1S/C22H27N3/c1-15-6-5-7-19-21-17(3)24(4)16(2)14-20(21)25(22(15)19)13-10-18-8-11-23-12-9-18/h5-9,11-12,16-17H,10,13-14H2,1-4H3. The van der Waals surface area contributed by atoms with E-state index in [2.05, 4.69) is 72.6 Å². The van der Waals surface area contributed by atoms with Gasteiger partial charge < -0.3 is 4.57 Å². The van der Waals surface area contributed by atoms with Crippen LogP contribution in [-0.2, 0) is 19.4 Å². The molecule has 3 nitrogen and oxygen atoms in total. The summed E-state index contributed by atoms with van der Waals surface area (Å²) in [4.78, 5) is 6.65. The van der Waals surface area contributed by atoms with Gasteiger partial charge in [-0.3, -0.25) is 9.88 Å².